The van der Waals surface area contributed by atoms with Crippen LogP contribution in [0.2, 0.25) is 20.1 Å². The molecule has 0 spiro atoms. The maximum absolute atomic E-state index is 13.2. The lowest BCUT2D eigenvalue weighted by Gasteiger charge is -2.13. The molecule has 3 aromatic carbocycles. The lowest BCUT2D eigenvalue weighted by molar-refractivity contribution is 0.0949. The molecule has 0 unspecified atom stereocenters. The van der Waals surface area contributed by atoms with Gasteiger partial charge in [-0.2, -0.15) is 0 Å². The number of hydrogen-bond donors (Lipinski definition) is 1. The molecule has 4 rings (SSSR count). The average molecular weight is 556 g/mol. The summed E-state index contributed by atoms with van der Waals surface area (Å²) < 4.78 is 15.0. The van der Waals surface area contributed by atoms with Crippen LogP contribution < -0.4 is 5.32 Å². The van der Waals surface area contributed by atoms with E-state index in [9.17, 15) is 9.18 Å². The zero-order valence-electron chi connectivity index (χ0n) is 17.2. The van der Waals surface area contributed by atoms with Crippen molar-refractivity contribution in [3.8, 4) is 5.69 Å². The van der Waals surface area contributed by atoms with Crippen LogP contribution in [0.3, 0.4) is 0 Å². The molecular formula is C23H15Cl4FN4OS. The SMILES string of the molecule is O=C(NCc1nnc(SCc2ccc(F)cc2)n1-c1cc(Cl)ccc1Cl)c1ccc(Cl)c(Cl)c1. The van der Waals surface area contributed by atoms with Crippen molar-refractivity contribution in [3.05, 3.63) is 104 Å². The van der Waals surface area contributed by atoms with Crippen LogP contribution in [-0.4, -0.2) is 20.7 Å². The van der Waals surface area contributed by atoms with Crippen molar-refractivity contribution in [2.24, 2.45) is 0 Å². The highest BCUT2D eigenvalue weighted by Crippen LogP contribution is 2.31. The summed E-state index contributed by atoms with van der Waals surface area (Å²) in [5.41, 5.74) is 1.83. The molecule has 4 aromatic rings. The largest absolute Gasteiger partial charge is 0.345 e. The van der Waals surface area contributed by atoms with Gasteiger partial charge in [-0.25, -0.2) is 4.39 Å². The predicted octanol–water partition coefficient (Wildman–Crippen LogP) is 7.24. The molecule has 0 aliphatic heterocycles. The molecule has 34 heavy (non-hydrogen) atoms. The molecule has 0 fully saturated rings. The van der Waals surface area contributed by atoms with Crippen LogP contribution in [0.1, 0.15) is 21.7 Å². The average Bonchev–Trinajstić information content (AvgIpc) is 3.23. The Balaban J connectivity index is 1.61. The summed E-state index contributed by atoms with van der Waals surface area (Å²) in [5.74, 6) is 0.305. The molecule has 174 valence electrons. The van der Waals surface area contributed by atoms with Gasteiger partial charge >= 0.3 is 0 Å². The van der Waals surface area contributed by atoms with Gasteiger partial charge < -0.3 is 5.32 Å². The predicted molar refractivity (Wildman–Crippen MR) is 135 cm³/mol. The Labute approximate surface area is 219 Å². The lowest BCUT2D eigenvalue weighted by Crippen LogP contribution is -2.24. The molecule has 0 saturated carbocycles. The van der Waals surface area contributed by atoms with Crippen molar-refractivity contribution in [2.45, 2.75) is 17.5 Å². The minimum absolute atomic E-state index is 0.0615. The fourth-order valence-corrected chi connectivity index (χ4v) is 4.62. The number of nitrogens with one attached hydrogen (secondary N) is 1. The van der Waals surface area contributed by atoms with E-state index in [2.05, 4.69) is 15.5 Å². The summed E-state index contributed by atoms with van der Waals surface area (Å²) in [5, 5.41) is 13.4. The van der Waals surface area contributed by atoms with E-state index >= 15 is 0 Å². The van der Waals surface area contributed by atoms with Crippen LogP contribution >= 0.6 is 58.2 Å². The number of carbonyl (C=O) groups excluding carboxylic acids is 1. The van der Waals surface area contributed by atoms with Crippen molar-refractivity contribution < 1.29 is 9.18 Å². The van der Waals surface area contributed by atoms with E-state index < -0.39 is 0 Å². The number of amides is 1. The third-order valence-corrected chi connectivity index (χ3v) is 7.01. The first kappa shape index (κ1) is 24.8. The van der Waals surface area contributed by atoms with E-state index in [0.29, 0.717) is 43.1 Å². The monoisotopic (exact) mass is 554 g/mol. The molecule has 0 aliphatic carbocycles. The van der Waals surface area contributed by atoms with E-state index in [1.54, 1.807) is 47.0 Å². The molecule has 11 heteroatoms. The molecule has 0 atom stereocenters. The zero-order valence-corrected chi connectivity index (χ0v) is 21.1. The fourth-order valence-electron chi connectivity index (χ4n) is 3.03. The van der Waals surface area contributed by atoms with E-state index in [0.717, 1.165) is 5.56 Å². The third kappa shape index (κ3) is 5.85. The van der Waals surface area contributed by atoms with Gasteiger partial charge in [-0.05, 0) is 54.1 Å². The number of benzene rings is 3. The Morgan fingerprint density at radius 1 is 0.912 bits per heavy atom. The number of nitrogens with zero attached hydrogens (tertiary/aromatic N) is 3. The molecule has 0 aliphatic rings. The number of thioether (sulfide) groups is 1. The summed E-state index contributed by atoms with van der Waals surface area (Å²) in [6, 6.07) is 15.9. The Morgan fingerprint density at radius 3 is 2.38 bits per heavy atom. The van der Waals surface area contributed by atoms with Crippen LogP contribution in [0.5, 0.6) is 0 Å². The fraction of sp³-hybridized carbons (Fsp3) is 0.0870. The normalized spacial score (nSPS) is 11.0. The van der Waals surface area contributed by atoms with E-state index in [1.807, 2.05) is 0 Å². The highest BCUT2D eigenvalue weighted by atomic mass is 35.5. The van der Waals surface area contributed by atoms with Crippen LogP contribution in [0.15, 0.2) is 65.8 Å². The standard InChI is InChI=1S/C23H15Cl4FN4OS/c24-15-4-8-18(26)20(10-15)32-21(11-29-22(33)14-3-7-17(25)19(27)9-14)30-31-23(32)34-12-13-1-5-16(28)6-2-13/h1-10H,11-12H2,(H,29,33). The van der Waals surface area contributed by atoms with E-state index in [4.69, 9.17) is 46.4 Å². The van der Waals surface area contributed by atoms with Gasteiger partial charge in [-0.1, -0.05) is 70.3 Å². The number of halogens is 5. The molecule has 0 bridgehead atoms. The van der Waals surface area contributed by atoms with E-state index in [1.165, 1.54) is 30.0 Å². The Hall–Kier alpha value is -2.29. The van der Waals surface area contributed by atoms with Gasteiger partial charge in [0.15, 0.2) is 11.0 Å². The molecular weight excluding hydrogens is 541 g/mol. The van der Waals surface area contributed by atoms with Gasteiger partial charge in [0, 0.05) is 16.3 Å². The molecule has 1 amide bonds. The number of carbonyl (C=O) groups is 1. The van der Waals surface area contributed by atoms with E-state index in [-0.39, 0.29) is 23.3 Å². The van der Waals surface area contributed by atoms with Crippen molar-refractivity contribution in [2.75, 3.05) is 0 Å². The van der Waals surface area contributed by atoms with Crippen LogP contribution in [0, 0.1) is 5.82 Å². The van der Waals surface area contributed by atoms with Crippen LogP contribution in [-0.2, 0) is 12.3 Å². The van der Waals surface area contributed by atoms with Gasteiger partial charge in [0.1, 0.15) is 5.82 Å². The Kier molecular flexibility index (Phi) is 8.01. The molecule has 5 nitrogen and oxygen atoms in total. The molecule has 1 N–H and O–H groups in total. The first-order valence-electron chi connectivity index (χ1n) is 9.82. The van der Waals surface area contributed by atoms with Crippen LogP contribution in [0.4, 0.5) is 4.39 Å². The van der Waals surface area contributed by atoms with Gasteiger partial charge in [-0.3, -0.25) is 9.36 Å². The summed E-state index contributed by atoms with van der Waals surface area (Å²) in [7, 11) is 0. The first-order chi connectivity index (χ1) is 16.3. The smallest absolute Gasteiger partial charge is 0.251 e. The molecule has 1 heterocycles. The maximum atomic E-state index is 13.2. The Bertz CT molecular complexity index is 1350. The number of hydrogen-bond acceptors (Lipinski definition) is 4. The van der Waals surface area contributed by atoms with Gasteiger partial charge in [-0.15, -0.1) is 10.2 Å². The second-order valence-corrected chi connectivity index (χ2v) is 9.66. The number of aromatic nitrogens is 3. The topological polar surface area (TPSA) is 59.8 Å². The highest BCUT2D eigenvalue weighted by Gasteiger charge is 2.19. The summed E-state index contributed by atoms with van der Waals surface area (Å²) in [6.07, 6.45) is 0. The molecule has 0 saturated heterocycles. The number of rotatable bonds is 7. The lowest BCUT2D eigenvalue weighted by atomic mass is 10.2. The maximum Gasteiger partial charge on any atom is 0.251 e. The zero-order chi connectivity index (χ0) is 24.2. The van der Waals surface area contributed by atoms with Crippen molar-refractivity contribution in [1.29, 1.82) is 0 Å². The van der Waals surface area contributed by atoms with Crippen molar-refractivity contribution in [1.82, 2.24) is 20.1 Å². The Morgan fingerprint density at radius 2 is 1.65 bits per heavy atom. The van der Waals surface area contributed by atoms with Gasteiger partial charge in [0.25, 0.3) is 5.91 Å². The molecule has 0 radical (unpaired) electrons. The second kappa shape index (κ2) is 11.0. The van der Waals surface area contributed by atoms with Gasteiger partial charge in [0.2, 0.25) is 0 Å². The molecule has 1 aromatic heterocycles. The highest BCUT2D eigenvalue weighted by molar-refractivity contribution is 7.98. The van der Waals surface area contributed by atoms with Crippen LogP contribution in [0.25, 0.3) is 5.69 Å². The third-order valence-electron chi connectivity index (χ3n) is 4.72. The second-order valence-electron chi connectivity index (χ2n) is 7.06. The minimum Gasteiger partial charge on any atom is -0.345 e. The van der Waals surface area contributed by atoms with Crippen molar-refractivity contribution >= 4 is 64.1 Å². The quantitative estimate of drug-likeness (QED) is 0.244. The first-order valence-corrected chi connectivity index (χ1v) is 12.3. The summed E-state index contributed by atoms with van der Waals surface area (Å²) >= 11 is 26.0. The minimum atomic E-state index is -0.356. The summed E-state index contributed by atoms with van der Waals surface area (Å²) in [6.45, 7) is 0.0615. The summed E-state index contributed by atoms with van der Waals surface area (Å²) in [4.78, 5) is 12.6. The van der Waals surface area contributed by atoms with Crippen molar-refractivity contribution in [3.63, 3.8) is 0 Å². The van der Waals surface area contributed by atoms with Gasteiger partial charge in [0.05, 0.1) is 27.3 Å².